The van der Waals surface area contributed by atoms with Crippen LogP contribution in [0.3, 0.4) is 0 Å². The molecule has 162 valence electrons. The van der Waals surface area contributed by atoms with Gasteiger partial charge in [-0.3, -0.25) is 4.79 Å². The van der Waals surface area contributed by atoms with E-state index in [1.54, 1.807) is 4.90 Å². The van der Waals surface area contributed by atoms with E-state index in [1.165, 1.54) is 21.7 Å². The molecular weight excluding hydrogens is 372 g/mol. The fraction of sp³-hybridized carbons (Fsp3) is 0.480. The highest BCUT2D eigenvalue weighted by Crippen LogP contribution is 2.11. The van der Waals surface area contributed by atoms with Crippen molar-refractivity contribution in [3.8, 4) is 0 Å². The zero-order valence-corrected chi connectivity index (χ0v) is 18.8. The van der Waals surface area contributed by atoms with E-state index in [9.17, 15) is 4.79 Å². The molecule has 5 heteroatoms. The molecule has 1 amide bonds. The third-order valence-corrected chi connectivity index (χ3v) is 6.17. The number of amides is 1. The molecule has 1 aliphatic rings. The molecule has 3 rings (SSSR count). The third kappa shape index (κ3) is 6.85. The summed E-state index contributed by atoms with van der Waals surface area (Å²) >= 11 is 0. The number of nitrogens with zero attached hydrogens (tertiary/aromatic N) is 1. The van der Waals surface area contributed by atoms with E-state index in [1.807, 2.05) is 0 Å². The summed E-state index contributed by atoms with van der Waals surface area (Å²) in [5.41, 5.74) is 3.88. The van der Waals surface area contributed by atoms with Crippen LogP contribution in [-0.4, -0.2) is 52.2 Å². The molecule has 0 saturated carbocycles. The van der Waals surface area contributed by atoms with Crippen LogP contribution < -0.4 is 20.0 Å². The van der Waals surface area contributed by atoms with Crippen LogP contribution in [0.4, 0.5) is 5.69 Å². The van der Waals surface area contributed by atoms with Crippen LogP contribution in [0.25, 0.3) is 0 Å². The SMILES string of the molecule is CC[NH+](CC(=O)NC1CC[NH+](Cc2ccccc2)CC1)Cc1ccc(N(C)C)cc1. The lowest BCUT2D eigenvalue weighted by Crippen LogP contribution is -3.12. The third-order valence-electron chi connectivity index (χ3n) is 6.17. The first-order valence-electron chi connectivity index (χ1n) is 11.3. The maximum Gasteiger partial charge on any atom is 0.275 e. The van der Waals surface area contributed by atoms with Crippen LogP contribution in [0.2, 0.25) is 0 Å². The maximum atomic E-state index is 12.6. The molecule has 1 fully saturated rings. The van der Waals surface area contributed by atoms with Gasteiger partial charge in [-0.25, -0.2) is 0 Å². The quantitative estimate of drug-likeness (QED) is 0.564. The molecule has 0 aromatic heterocycles. The van der Waals surface area contributed by atoms with Crippen molar-refractivity contribution in [1.29, 1.82) is 0 Å². The van der Waals surface area contributed by atoms with Gasteiger partial charge < -0.3 is 20.0 Å². The Bertz CT molecular complexity index is 767. The number of likely N-dealkylation sites (tertiary alicyclic amines) is 1. The lowest BCUT2D eigenvalue weighted by Gasteiger charge is -2.30. The Hall–Kier alpha value is -2.37. The smallest absolute Gasteiger partial charge is 0.275 e. The minimum absolute atomic E-state index is 0.188. The predicted molar refractivity (Wildman–Crippen MR) is 123 cm³/mol. The molecule has 0 spiro atoms. The van der Waals surface area contributed by atoms with Gasteiger partial charge in [0.25, 0.3) is 5.91 Å². The van der Waals surface area contributed by atoms with Gasteiger partial charge in [0.2, 0.25) is 0 Å². The summed E-state index contributed by atoms with van der Waals surface area (Å²) in [5.74, 6) is 0.188. The first kappa shape index (κ1) is 22.3. The van der Waals surface area contributed by atoms with Gasteiger partial charge in [-0.2, -0.15) is 0 Å². The molecule has 0 bridgehead atoms. The average Bonchev–Trinajstić information content (AvgIpc) is 2.75. The number of rotatable bonds is 9. The molecule has 0 aliphatic carbocycles. The number of benzene rings is 2. The molecule has 5 nitrogen and oxygen atoms in total. The highest BCUT2D eigenvalue weighted by molar-refractivity contribution is 5.77. The second-order valence-corrected chi connectivity index (χ2v) is 8.77. The second kappa shape index (κ2) is 11.1. The van der Waals surface area contributed by atoms with Crippen LogP contribution in [-0.2, 0) is 17.9 Å². The monoisotopic (exact) mass is 410 g/mol. The van der Waals surface area contributed by atoms with Crippen LogP contribution in [0.15, 0.2) is 54.6 Å². The van der Waals surface area contributed by atoms with Gasteiger partial charge in [-0.05, 0) is 19.1 Å². The summed E-state index contributed by atoms with van der Waals surface area (Å²) in [5, 5.41) is 3.30. The number of hydrogen-bond acceptors (Lipinski definition) is 2. The van der Waals surface area contributed by atoms with E-state index in [0.29, 0.717) is 12.6 Å². The van der Waals surface area contributed by atoms with E-state index < -0.39 is 0 Å². The van der Waals surface area contributed by atoms with Gasteiger partial charge in [0, 0.05) is 49.8 Å². The minimum Gasteiger partial charge on any atom is -0.378 e. The van der Waals surface area contributed by atoms with Gasteiger partial charge in [-0.15, -0.1) is 0 Å². The van der Waals surface area contributed by atoms with Gasteiger partial charge in [0.05, 0.1) is 19.6 Å². The molecule has 0 radical (unpaired) electrons. The molecule has 2 aromatic rings. The first-order chi connectivity index (χ1) is 14.5. The molecule has 3 N–H and O–H groups in total. The topological polar surface area (TPSA) is 41.2 Å². The van der Waals surface area contributed by atoms with Crippen molar-refractivity contribution < 1.29 is 14.6 Å². The molecule has 1 unspecified atom stereocenters. The van der Waals surface area contributed by atoms with Crippen LogP contribution in [0.5, 0.6) is 0 Å². The van der Waals surface area contributed by atoms with Crippen LogP contribution in [0, 0.1) is 0 Å². The van der Waals surface area contributed by atoms with E-state index in [-0.39, 0.29) is 5.91 Å². The van der Waals surface area contributed by atoms with Crippen molar-refractivity contribution in [2.24, 2.45) is 0 Å². The minimum atomic E-state index is 0.188. The fourth-order valence-corrected chi connectivity index (χ4v) is 4.25. The number of nitrogens with one attached hydrogen (secondary N) is 3. The summed E-state index contributed by atoms with van der Waals surface area (Å²) < 4.78 is 0. The Morgan fingerprint density at radius 2 is 1.70 bits per heavy atom. The number of quaternary nitrogens is 2. The number of carbonyl (C=O) groups is 1. The highest BCUT2D eigenvalue weighted by Gasteiger charge is 2.24. The Morgan fingerprint density at radius 3 is 2.30 bits per heavy atom. The summed E-state index contributed by atoms with van der Waals surface area (Å²) in [6.45, 7) is 7.87. The Morgan fingerprint density at radius 1 is 1.03 bits per heavy atom. The summed E-state index contributed by atoms with van der Waals surface area (Å²) in [4.78, 5) is 17.7. The molecular formula is C25H38N4O+2. The normalized spacial score (nSPS) is 19.8. The Kier molecular flexibility index (Phi) is 8.29. The van der Waals surface area contributed by atoms with E-state index in [0.717, 1.165) is 45.6 Å². The van der Waals surface area contributed by atoms with E-state index >= 15 is 0 Å². The molecule has 2 aromatic carbocycles. The van der Waals surface area contributed by atoms with Gasteiger partial charge >= 0.3 is 0 Å². The summed E-state index contributed by atoms with van der Waals surface area (Å²) in [6.07, 6.45) is 2.14. The number of likely N-dealkylation sites (N-methyl/N-ethyl adjacent to an activating group) is 1. The Labute approximate surface area is 181 Å². The molecule has 1 saturated heterocycles. The zero-order chi connectivity index (χ0) is 21.3. The predicted octanol–water partition coefficient (Wildman–Crippen LogP) is 0.521. The van der Waals surface area contributed by atoms with Crippen molar-refractivity contribution in [2.45, 2.75) is 38.9 Å². The summed E-state index contributed by atoms with van der Waals surface area (Å²) in [7, 11) is 4.10. The van der Waals surface area contributed by atoms with Crippen molar-refractivity contribution in [3.05, 3.63) is 65.7 Å². The van der Waals surface area contributed by atoms with Gasteiger partial charge in [0.15, 0.2) is 6.54 Å². The van der Waals surface area contributed by atoms with Gasteiger partial charge in [-0.1, -0.05) is 42.5 Å². The molecule has 1 atom stereocenters. The fourth-order valence-electron chi connectivity index (χ4n) is 4.25. The standard InChI is InChI=1S/C25H36N4O/c1-4-28(18-22-10-12-24(13-11-22)27(2)3)20-25(30)26-23-14-16-29(17-15-23)19-21-8-6-5-7-9-21/h5-13,23H,4,14-20H2,1-3H3,(H,26,30)/p+2. The van der Waals surface area contributed by atoms with Crippen molar-refractivity contribution in [3.63, 3.8) is 0 Å². The lowest BCUT2D eigenvalue weighted by molar-refractivity contribution is -0.918. The average molecular weight is 411 g/mol. The number of piperidine rings is 1. The van der Waals surface area contributed by atoms with Crippen molar-refractivity contribution in [1.82, 2.24) is 5.32 Å². The molecule has 30 heavy (non-hydrogen) atoms. The van der Waals surface area contributed by atoms with Crippen molar-refractivity contribution >= 4 is 11.6 Å². The van der Waals surface area contributed by atoms with Crippen LogP contribution >= 0.6 is 0 Å². The van der Waals surface area contributed by atoms with E-state index in [4.69, 9.17) is 0 Å². The zero-order valence-electron chi connectivity index (χ0n) is 18.8. The van der Waals surface area contributed by atoms with Crippen LogP contribution in [0.1, 0.15) is 30.9 Å². The molecule has 1 heterocycles. The van der Waals surface area contributed by atoms with Crippen molar-refractivity contribution in [2.75, 3.05) is 45.2 Å². The number of anilines is 1. The summed E-state index contributed by atoms with van der Waals surface area (Å²) in [6, 6.07) is 19.7. The number of carbonyl (C=O) groups excluding carboxylic acids is 1. The molecule has 1 aliphatic heterocycles. The van der Waals surface area contributed by atoms with E-state index in [2.05, 4.69) is 85.8 Å². The number of hydrogen-bond donors (Lipinski definition) is 3. The maximum absolute atomic E-state index is 12.6. The Balaban J connectivity index is 1.41. The largest absolute Gasteiger partial charge is 0.378 e. The van der Waals surface area contributed by atoms with Gasteiger partial charge in [0.1, 0.15) is 13.1 Å². The highest BCUT2D eigenvalue weighted by atomic mass is 16.2. The first-order valence-corrected chi connectivity index (χ1v) is 11.3. The second-order valence-electron chi connectivity index (χ2n) is 8.77. The lowest BCUT2D eigenvalue weighted by atomic mass is 10.0.